The molecule has 2 rings (SSSR count). The Labute approximate surface area is 119 Å². The van der Waals surface area contributed by atoms with Gasteiger partial charge in [0.05, 0.1) is 7.11 Å². The summed E-state index contributed by atoms with van der Waals surface area (Å²) in [6.07, 6.45) is 5.45. The van der Waals surface area contributed by atoms with Crippen molar-refractivity contribution < 1.29 is 9.13 Å². The van der Waals surface area contributed by atoms with Crippen LogP contribution in [0.25, 0.3) is 12.2 Å². The van der Waals surface area contributed by atoms with E-state index in [1.54, 1.807) is 13.2 Å². The molecule has 0 atom stereocenters. The molecule has 1 nitrogen and oxygen atoms in total. The molecule has 0 aromatic heterocycles. The second-order valence-electron chi connectivity index (χ2n) is 4.68. The molecule has 0 heterocycles. The van der Waals surface area contributed by atoms with E-state index in [9.17, 15) is 4.39 Å². The highest BCUT2D eigenvalue weighted by molar-refractivity contribution is 5.70. The summed E-state index contributed by atoms with van der Waals surface area (Å²) in [6, 6.07) is 13.4. The quantitative estimate of drug-likeness (QED) is 0.698. The summed E-state index contributed by atoms with van der Waals surface area (Å²) in [5.74, 6) is 0.429. The van der Waals surface area contributed by atoms with Crippen LogP contribution in [0.4, 0.5) is 4.39 Å². The first-order chi connectivity index (χ1) is 9.74. The first-order valence-corrected chi connectivity index (χ1v) is 6.84. The van der Waals surface area contributed by atoms with Gasteiger partial charge in [-0.2, -0.15) is 0 Å². The highest BCUT2D eigenvalue weighted by Crippen LogP contribution is 2.26. The summed E-state index contributed by atoms with van der Waals surface area (Å²) in [5.41, 5.74) is 2.56. The van der Waals surface area contributed by atoms with E-state index in [-0.39, 0.29) is 5.82 Å². The molecular formula is C18H19FO. The molecule has 0 unspecified atom stereocenters. The van der Waals surface area contributed by atoms with Gasteiger partial charge in [0.2, 0.25) is 0 Å². The smallest absolute Gasteiger partial charge is 0.130 e. The number of benzene rings is 2. The third-order valence-electron chi connectivity index (χ3n) is 3.16. The van der Waals surface area contributed by atoms with E-state index < -0.39 is 0 Å². The van der Waals surface area contributed by atoms with Crippen molar-refractivity contribution in [3.05, 3.63) is 65.0 Å². The molecule has 0 saturated carbocycles. The molecule has 0 radical (unpaired) electrons. The lowest BCUT2D eigenvalue weighted by atomic mass is 10.0. The number of methoxy groups -OCH3 is 1. The Bertz CT molecular complexity index is 588. The summed E-state index contributed by atoms with van der Waals surface area (Å²) in [5, 5.41) is 0. The minimum absolute atomic E-state index is 0.195. The van der Waals surface area contributed by atoms with E-state index in [0.717, 1.165) is 17.5 Å². The Hall–Kier alpha value is -2.09. The van der Waals surface area contributed by atoms with Crippen molar-refractivity contribution in [2.75, 3.05) is 7.11 Å². The second-order valence-corrected chi connectivity index (χ2v) is 4.68. The molecular weight excluding hydrogens is 251 g/mol. The van der Waals surface area contributed by atoms with Gasteiger partial charge in [-0.05, 0) is 29.7 Å². The van der Waals surface area contributed by atoms with Crippen molar-refractivity contribution in [2.24, 2.45) is 0 Å². The van der Waals surface area contributed by atoms with Gasteiger partial charge in [0, 0.05) is 5.56 Å². The molecule has 20 heavy (non-hydrogen) atoms. The molecule has 2 aromatic carbocycles. The summed E-state index contributed by atoms with van der Waals surface area (Å²) < 4.78 is 19.4. The SMILES string of the molecule is CCCc1c(F)cc(/C=C/c2ccccc2)cc1OC. The maximum atomic E-state index is 14.1. The predicted molar refractivity (Wildman–Crippen MR) is 82.3 cm³/mol. The van der Waals surface area contributed by atoms with Gasteiger partial charge in [-0.1, -0.05) is 55.8 Å². The van der Waals surface area contributed by atoms with Gasteiger partial charge in [-0.25, -0.2) is 4.39 Å². The van der Waals surface area contributed by atoms with Crippen LogP contribution in [0.15, 0.2) is 42.5 Å². The third kappa shape index (κ3) is 3.47. The number of hydrogen-bond acceptors (Lipinski definition) is 1. The molecule has 104 valence electrons. The van der Waals surface area contributed by atoms with Crippen LogP contribution in [-0.2, 0) is 6.42 Å². The van der Waals surface area contributed by atoms with Crippen LogP contribution in [-0.4, -0.2) is 7.11 Å². The second kappa shape index (κ2) is 6.90. The van der Waals surface area contributed by atoms with Crippen LogP contribution in [0.5, 0.6) is 5.75 Å². The van der Waals surface area contributed by atoms with Gasteiger partial charge in [0.15, 0.2) is 0 Å². The van der Waals surface area contributed by atoms with E-state index in [1.807, 2.05) is 55.5 Å². The molecule has 0 amide bonds. The van der Waals surface area contributed by atoms with Crippen LogP contribution >= 0.6 is 0 Å². The molecule has 0 aliphatic rings. The number of halogens is 1. The third-order valence-corrected chi connectivity index (χ3v) is 3.16. The Kier molecular flexibility index (Phi) is 4.94. The van der Waals surface area contributed by atoms with Crippen molar-refractivity contribution in [2.45, 2.75) is 19.8 Å². The lowest BCUT2D eigenvalue weighted by Crippen LogP contribution is -1.97. The molecule has 0 fully saturated rings. The predicted octanol–water partition coefficient (Wildman–Crippen LogP) is 4.96. The van der Waals surface area contributed by atoms with Crippen LogP contribution in [0, 0.1) is 5.82 Å². The van der Waals surface area contributed by atoms with E-state index in [1.165, 1.54) is 0 Å². The van der Waals surface area contributed by atoms with Gasteiger partial charge in [0.25, 0.3) is 0 Å². The zero-order valence-corrected chi connectivity index (χ0v) is 11.9. The van der Waals surface area contributed by atoms with Crippen LogP contribution in [0.2, 0.25) is 0 Å². The van der Waals surface area contributed by atoms with Gasteiger partial charge in [0.1, 0.15) is 11.6 Å². The van der Waals surface area contributed by atoms with Crippen molar-refractivity contribution in [3.63, 3.8) is 0 Å². The van der Waals surface area contributed by atoms with E-state index >= 15 is 0 Å². The van der Waals surface area contributed by atoms with E-state index in [2.05, 4.69) is 0 Å². The Morgan fingerprint density at radius 3 is 2.40 bits per heavy atom. The molecule has 0 aliphatic carbocycles. The van der Waals surface area contributed by atoms with Crippen molar-refractivity contribution >= 4 is 12.2 Å². The minimum atomic E-state index is -0.195. The molecule has 0 spiro atoms. The van der Waals surface area contributed by atoms with Crippen LogP contribution in [0.3, 0.4) is 0 Å². The average molecular weight is 270 g/mol. The van der Waals surface area contributed by atoms with Gasteiger partial charge in [-0.15, -0.1) is 0 Å². The topological polar surface area (TPSA) is 9.23 Å². The lowest BCUT2D eigenvalue weighted by Gasteiger charge is -2.10. The van der Waals surface area contributed by atoms with Gasteiger partial charge in [-0.3, -0.25) is 0 Å². The van der Waals surface area contributed by atoms with Gasteiger partial charge >= 0.3 is 0 Å². The van der Waals surface area contributed by atoms with Gasteiger partial charge < -0.3 is 4.74 Å². The van der Waals surface area contributed by atoms with Crippen LogP contribution < -0.4 is 4.74 Å². The highest BCUT2D eigenvalue weighted by Gasteiger charge is 2.09. The highest BCUT2D eigenvalue weighted by atomic mass is 19.1. The molecule has 0 bridgehead atoms. The Morgan fingerprint density at radius 1 is 1.05 bits per heavy atom. The zero-order chi connectivity index (χ0) is 14.4. The summed E-state index contributed by atoms with van der Waals surface area (Å²) in [6.45, 7) is 2.03. The van der Waals surface area contributed by atoms with E-state index in [4.69, 9.17) is 4.74 Å². The Morgan fingerprint density at radius 2 is 1.75 bits per heavy atom. The molecule has 2 aromatic rings. The van der Waals surface area contributed by atoms with Crippen molar-refractivity contribution in [1.82, 2.24) is 0 Å². The summed E-state index contributed by atoms with van der Waals surface area (Å²) in [4.78, 5) is 0. The molecule has 2 heteroatoms. The zero-order valence-electron chi connectivity index (χ0n) is 11.9. The molecule has 0 aliphatic heterocycles. The van der Waals surface area contributed by atoms with Crippen molar-refractivity contribution in [1.29, 1.82) is 0 Å². The Balaban J connectivity index is 2.29. The summed E-state index contributed by atoms with van der Waals surface area (Å²) in [7, 11) is 1.58. The number of ether oxygens (including phenoxy) is 1. The number of hydrogen-bond donors (Lipinski definition) is 0. The maximum absolute atomic E-state index is 14.1. The van der Waals surface area contributed by atoms with E-state index in [0.29, 0.717) is 17.7 Å². The fourth-order valence-corrected chi connectivity index (χ4v) is 2.16. The maximum Gasteiger partial charge on any atom is 0.130 e. The number of rotatable bonds is 5. The first kappa shape index (κ1) is 14.3. The standard InChI is InChI=1S/C18H19FO/c1-3-7-16-17(19)12-15(13-18(16)20-2)11-10-14-8-5-4-6-9-14/h4-6,8-13H,3,7H2,1-2H3/b11-10+. The normalized spacial score (nSPS) is 10.9. The molecule has 0 saturated heterocycles. The van der Waals surface area contributed by atoms with Crippen molar-refractivity contribution in [3.8, 4) is 5.75 Å². The average Bonchev–Trinajstić information content (AvgIpc) is 2.48. The van der Waals surface area contributed by atoms with Crippen LogP contribution in [0.1, 0.15) is 30.0 Å². The first-order valence-electron chi connectivity index (χ1n) is 6.84. The molecule has 0 N–H and O–H groups in total. The minimum Gasteiger partial charge on any atom is -0.496 e. The fourth-order valence-electron chi connectivity index (χ4n) is 2.16. The fraction of sp³-hybridized carbons (Fsp3) is 0.222. The lowest BCUT2D eigenvalue weighted by molar-refractivity contribution is 0.404. The monoisotopic (exact) mass is 270 g/mol. The largest absolute Gasteiger partial charge is 0.496 e. The summed E-state index contributed by atoms with van der Waals surface area (Å²) >= 11 is 0.